The average molecular weight is 416 g/mol. The highest BCUT2D eigenvalue weighted by Gasteiger charge is 2.13. The Bertz CT molecular complexity index is 1160. The number of rotatable bonds is 5. The van der Waals surface area contributed by atoms with Crippen LogP contribution in [0, 0.1) is 20.8 Å². The first-order valence-electron chi connectivity index (χ1n) is 8.28. The molecule has 2 N–H and O–H groups in total. The molecule has 0 fully saturated rings. The summed E-state index contributed by atoms with van der Waals surface area (Å²) in [7, 11) is 0. The van der Waals surface area contributed by atoms with Crippen LogP contribution in [0.25, 0.3) is 10.2 Å². The van der Waals surface area contributed by atoms with Gasteiger partial charge >= 0.3 is 0 Å². The second kappa shape index (κ2) is 7.41. The summed E-state index contributed by atoms with van der Waals surface area (Å²) in [6.07, 6.45) is 0. The standard InChI is InChI=1S/C18H17N5OS3/c1-9-4-6-12(7-5-9)19-17-22-23-18(27-17)25-8-13-20-15(24)14-10(2)11(3)26-16(14)21-13/h4-7H,8H2,1-3H3,(H,19,22)(H,20,21,24). The van der Waals surface area contributed by atoms with Crippen molar-refractivity contribution in [2.24, 2.45) is 0 Å². The fourth-order valence-corrected chi connectivity index (χ4v) is 5.27. The normalized spacial score (nSPS) is 11.2. The van der Waals surface area contributed by atoms with Crippen LogP contribution in [-0.2, 0) is 5.75 Å². The molecule has 27 heavy (non-hydrogen) atoms. The highest BCUT2D eigenvalue weighted by molar-refractivity contribution is 8.00. The van der Waals surface area contributed by atoms with Crippen LogP contribution in [0.15, 0.2) is 33.4 Å². The number of fused-ring (bicyclic) bond motifs is 1. The highest BCUT2D eigenvalue weighted by Crippen LogP contribution is 2.30. The largest absolute Gasteiger partial charge is 0.330 e. The zero-order valence-corrected chi connectivity index (χ0v) is 17.4. The molecule has 6 nitrogen and oxygen atoms in total. The molecule has 0 amide bonds. The molecule has 0 aliphatic carbocycles. The maximum absolute atomic E-state index is 12.3. The van der Waals surface area contributed by atoms with E-state index in [1.165, 1.54) is 28.7 Å². The summed E-state index contributed by atoms with van der Waals surface area (Å²) < 4.78 is 0.825. The van der Waals surface area contributed by atoms with Gasteiger partial charge in [-0.25, -0.2) is 4.98 Å². The van der Waals surface area contributed by atoms with Crippen molar-refractivity contribution < 1.29 is 0 Å². The summed E-state index contributed by atoms with van der Waals surface area (Å²) in [6, 6.07) is 8.12. The van der Waals surface area contributed by atoms with Crippen molar-refractivity contribution in [2.75, 3.05) is 5.32 Å². The van der Waals surface area contributed by atoms with Crippen molar-refractivity contribution in [3.63, 3.8) is 0 Å². The minimum Gasteiger partial charge on any atom is -0.330 e. The topological polar surface area (TPSA) is 83.6 Å². The Hall–Kier alpha value is -2.23. The number of aryl methyl sites for hydroxylation is 3. The monoisotopic (exact) mass is 415 g/mol. The van der Waals surface area contributed by atoms with Crippen LogP contribution in [0.1, 0.15) is 21.8 Å². The Balaban J connectivity index is 1.46. The Kier molecular flexibility index (Phi) is 4.98. The Labute approximate surface area is 168 Å². The van der Waals surface area contributed by atoms with E-state index in [0.717, 1.165) is 30.4 Å². The van der Waals surface area contributed by atoms with Crippen molar-refractivity contribution >= 4 is 55.5 Å². The molecule has 9 heteroatoms. The predicted octanol–water partition coefficient (Wildman–Crippen LogP) is 4.80. The molecule has 0 bridgehead atoms. The van der Waals surface area contributed by atoms with Gasteiger partial charge in [0.25, 0.3) is 5.56 Å². The Morgan fingerprint density at radius 2 is 1.89 bits per heavy atom. The number of thiophene rings is 1. The molecular weight excluding hydrogens is 398 g/mol. The van der Waals surface area contributed by atoms with Crippen LogP contribution in [-0.4, -0.2) is 20.2 Å². The number of nitrogens with zero attached hydrogens (tertiary/aromatic N) is 3. The number of H-pyrrole nitrogens is 1. The summed E-state index contributed by atoms with van der Waals surface area (Å²) in [5.74, 6) is 1.20. The summed E-state index contributed by atoms with van der Waals surface area (Å²) in [5.41, 5.74) is 3.13. The number of aromatic amines is 1. The van der Waals surface area contributed by atoms with Gasteiger partial charge in [-0.3, -0.25) is 4.79 Å². The molecule has 0 radical (unpaired) electrons. The van der Waals surface area contributed by atoms with Gasteiger partial charge in [-0.2, -0.15) is 0 Å². The minimum absolute atomic E-state index is 0.0727. The first kappa shape index (κ1) is 18.1. The van der Waals surface area contributed by atoms with Crippen LogP contribution >= 0.6 is 34.4 Å². The lowest BCUT2D eigenvalue weighted by molar-refractivity contribution is 1.00. The molecule has 0 saturated heterocycles. The number of aromatic nitrogens is 4. The Morgan fingerprint density at radius 1 is 1.11 bits per heavy atom. The molecule has 3 aromatic heterocycles. The number of nitrogens with one attached hydrogen (secondary N) is 2. The number of thioether (sulfide) groups is 1. The maximum atomic E-state index is 12.3. The molecule has 138 valence electrons. The first-order chi connectivity index (χ1) is 13.0. The van der Waals surface area contributed by atoms with E-state index < -0.39 is 0 Å². The van der Waals surface area contributed by atoms with Gasteiger partial charge < -0.3 is 10.3 Å². The molecule has 0 aliphatic heterocycles. The fraction of sp³-hybridized carbons (Fsp3) is 0.222. The number of anilines is 2. The van der Waals surface area contributed by atoms with Crippen LogP contribution < -0.4 is 10.9 Å². The van der Waals surface area contributed by atoms with E-state index in [0.29, 0.717) is 17.0 Å². The molecule has 0 spiro atoms. The van der Waals surface area contributed by atoms with E-state index >= 15 is 0 Å². The fourth-order valence-electron chi connectivity index (χ4n) is 2.58. The third kappa shape index (κ3) is 3.90. The third-order valence-corrected chi connectivity index (χ3v) is 7.21. The van der Waals surface area contributed by atoms with Gasteiger partial charge in [-0.1, -0.05) is 40.8 Å². The molecule has 0 atom stereocenters. The lowest BCUT2D eigenvalue weighted by Crippen LogP contribution is -2.10. The SMILES string of the molecule is Cc1ccc(Nc2nnc(SCc3nc4sc(C)c(C)c4c(=O)[nH]3)s2)cc1. The lowest BCUT2D eigenvalue weighted by Gasteiger charge is -2.01. The predicted molar refractivity (Wildman–Crippen MR) is 114 cm³/mol. The highest BCUT2D eigenvalue weighted by atomic mass is 32.2. The average Bonchev–Trinajstić information content (AvgIpc) is 3.20. The van der Waals surface area contributed by atoms with E-state index in [-0.39, 0.29) is 5.56 Å². The van der Waals surface area contributed by atoms with Crippen molar-refractivity contribution in [1.82, 2.24) is 20.2 Å². The molecule has 0 saturated carbocycles. The molecular formula is C18H17N5OS3. The summed E-state index contributed by atoms with van der Waals surface area (Å²) >= 11 is 4.55. The first-order valence-corrected chi connectivity index (χ1v) is 10.9. The van der Waals surface area contributed by atoms with Crippen LogP contribution in [0.4, 0.5) is 10.8 Å². The van der Waals surface area contributed by atoms with Crippen LogP contribution in [0.2, 0.25) is 0 Å². The Morgan fingerprint density at radius 3 is 2.67 bits per heavy atom. The van der Waals surface area contributed by atoms with Crippen molar-refractivity contribution in [2.45, 2.75) is 30.9 Å². The van der Waals surface area contributed by atoms with E-state index in [9.17, 15) is 4.79 Å². The van der Waals surface area contributed by atoms with Crippen molar-refractivity contribution in [3.05, 3.63) is 56.4 Å². The van der Waals surface area contributed by atoms with Crippen LogP contribution in [0.5, 0.6) is 0 Å². The minimum atomic E-state index is -0.0727. The zero-order chi connectivity index (χ0) is 19.0. The molecule has 1 aromatic carbocycles. The van der Waals surface area contributed by atoms with E-state index in [1.54, 1.807) is 11.3 Å². The van der Waals surface area contributed by atoms with E-state index in [1.807, 2.05) is 38.1 Å². The molecule has 4 rings (SSSR count). The van der Waals surface area contributed by atoms with E-state index in [4.69, 9.17) is 0 Å². The maximum Gasteiger partial charge on any atom is 0.259 e. The van der Waals surface area contributed by atoms with Crippen molar-refractivity contribution in [1.29, 1.82) is 0 Å². The molecule has 0 aliphatic rings. The van der Waals surface area contributed by atoms with Crippen LogP contribution in [0.3, 0.4) is 0 Å². The quantitative estimate of drug-likeness (QED) is 0.456. The smallest absolute Gasteiger partial charge is 0.259 e. The second-order valence-corrected chi connectivity index (χ2v) is 9.53. The zero-order valence-electron chi connectivity index (χ0n) is 15.0. The van der Waals surface area contributed by atoms with Gasteiger partial charge in [0.1, 0.15) is 10.7 Å². The molecule has 0 unspecified atom stereocenters. The van der Waals surface area contributed by atoms with Gasteiger partial charge in [0.2, 0.25) is 5.13 Å². The molecule has 3 heterocycles. The summed E-state index contributed by atoms with van der Waals surface area (Å²) in [6.45, 7) is 6.03. The van der Waals surface area contributed by atoms with Crippen molar-refractivity contribution in [3.8, 4) is 0 Å². The third-order valence-electron chi connectivity index (χ3n) is 4.13. The summed E-state index contributed by atoms with van der Waals surface area (Å²) in [4.78, 5) is 21.8. The van der Waals surface area contributed by atoms with Gasteiger partial charge in [-0.05, 0) is 38.5 Å². The number of hydrogen-bond acceptors (Lipinski definition) is 8. The van der Waals surface area contributed by atoms with Gasteiger partial charge in [0.05, 0.1) is 11.1 Å². The van der Waals surface area contributed by atoms with E-state index in [2.05, 4.69) is 32.4 Å². The summed E-state index contributed by atoms with van der Waals surface area (Å²) in [5, 5.41) is 13.1. The number of benzene rings is 1. The van der Waals surface area contributed by atoms with Gasteiger partial charge in [0.15, 0.2) is 4.34 Å². The van der Waals surface area contributed by atoms with Gasteiger partial charge in [0, 0.05) is 10.6 Å². The lowest BCUT2D eigenvalue weighted by atomic mass is 10.2. The number of hydrogen-bond donors (Lipinski definition) is 2. The second-order valence-electron chi connectivity index (χ2n) is 6.13. The van der Waals surface area contributed by atoms with Gasteiger partial charge in [-0.15, -0.1) is 21.5 Å². The molecule has 4 aromatic rings.